The van der Waals surface area contributed by atoms with Gasteiger partial charge in [0, 0.05) is 31.3 Å². The van der Waals surface area contributed by atoms with E-state index in [1.807, 2.05) is 42.5 Å². The molecule has 0 unspecified atom stereocenters. The first kappa shape index (κ1) is 21.2. The number of nitrogens with one attached hydrogen (secondary N) is 1. The van der Waals surface area contributed by atoms with Gasteiger partial charge in [-0.15, -0.1) is 0 Å². The molecule has 0 aromatic heterocycles. The number of hydrogen-bond donors (Lipinski definition) is 1. The molecule has 0 aliphatic carbocycles. The summed E-state index contributed by atoms with van der Waals surface area (Å²) in [6.07, 6.45) is 4.00. The van der Waals surface area contributed by atoms with Crippen LogP contribution in [0, 0.1) is 0 Å². The molecule has 3 rings (SSSR count). The van der Waals surface area contributed by atoms with Crippen molar-refractivity contribution in [3.8, 4) is 17.2 Å². The standard InChI is InChI=1S/C23H26N2O5/c1-28-19-7-5-4-6-17(19)15-24-22(26)9-11-25-10-8-16-12-20(29-2)21(30-3)13-18(16)14-23(25)27/h4-8,10,12-13H,9,11,14-15H2,1-3H3,(H,24,26). The fraction of sp³-hybridized carbons (Fsp3) is 0.304. The van der Waals surface area contributed by atoms with Gasteiger partial charge in [0.05, 0.1) is 27.8 Å². The quantitative estimate of drug-likeness (QED) is 0.724. The minimum Gasteiger partial charge on any atom is -0.496 e. The lowest BCUT2D eigenvalue weighted by molar-refractivity contribution is -0.128. The first-order chi connectivity index (χ1) is 14.5. The first-order valence-corrected chi connectivity index (χ1v) is 9.67. The molecule has 1 aliphatic heterocycles. The first-order valence-electron chi connectivity index (χ1n) is 9.67. The normalized spacial score (nSPS) is 12.8. The number of para-hydroxylation sites is 1. The molecule has 1 heterocycles. The Kier molecular flexibility index (Phi) is 6.95. The molecular weight excluding hydrogens is 384 g/mol. The monoisotopic (exact) mass is 410 g/mol. The highest BCUT2D eigenvalue weighted by Crippen LogP contribution is 2.32. The Morgan fingerprint density at radius 2 is 1.73 bits per heavy atom. The van der Waals surface area contributed by atoms with E-state index in [1.54, 1.807) is 32.4 Å². The number of benzene rings is 2. The van der Waals surface area contributed by atoms with Crippen molar-refractivity contribution in [3.63, 3.8) is 0 Å². The van der Waals surface area contributed by atoms with Crippen molar-refractivity contribution in [3.05, 3.63) is 59.3 Å². The zero-order valence-electron chi connectivity index (χ0n) is 17.4. The molecule has 0 atom stereocenters. The molecule has 158 valence electrons. The largest absolute Gasteiger partial charge is 0.496 e. The van der Waals surface area contributed by atoms with Gasteiger partial charge in [-0.1, -0.05) is 18.2 Å². The fourth-order valence-corrected chi connectivity index (χ4v) is 3.32. The highest BCUT2D eigenvalue weighted by molar-refractivity contribution is 5.85. The SMILES string of the molecule is COc1ccccc1CNC(=O)CCN1C=Cc2cc(OC)c(OC)cc2CC1=O. The van der Waals surface area contributed by atoms with Crippen LogP contribution in [0.15, 0.2) is 42.6 Å². The molecule has 2 aromatic rings. The predicted molar refractivity (Wildman–Crippen MR) is 113 cm³/mol. The zero-order valence-corrected chi connectivity index (χ0v) is 17.4. The number of hydrogen-bond acceptors (Lipinski definition) is 5. The Balaban J connectivity index is 1.59. The van der Waals surface area contributed by atoms with Crippen molar-refractivity contribution in [2.24, 2.45) is 0 Å². The van der Waals surface area contributed by atoms with Crippen LogP contribution in [-0.2, 0) is 22.6 Å². The van der Waals surface area contributed by atoms with Crippen LogP contribution in [-0.4, -0.2) is 44.6 Å². The van der Waals surface area contributed by atoms with Gasteiger partial charge in [-0.05, 0) is 35.4 Å². The lowest BCUT2D eigenvalue weighted by atomic mass is 10.0. The molecule has 7 heteroatoms. The molecule has 0 spiro atoms. The molecule has 0 saturated heterocycles. The van der Waals surface area contributed by atoms with E-state index in [-0.39, 0.29) is 24.7 Å². The second-order valence-electron chi connectivity index (χ2n) is 6.82. The molecule has 1 aliphatic rings. The highest BCUT2D eigenvalue weighted by Gasteiger charge is 2.20. The minimum atomic E-state index is -0.132. The minimum absolute atomic E-state index is 0.0743. The van der Waals surface area contributed by atoms with E-state index >= 15 is 0 Å². The maximum atomic E-state index is 12.7. The van der Waals surface area contributed by atoms with Gasteiger partial charge in [0.25, 0.3) is 0 Å². The van der Waals surface area contributed by atoms with Crippen molar-refractivity contribution >= 4 is 17.9 Å². The van der Waals surface area contributed by atoms with Gasteiger partial charge in [-0.3, -0.25) is 9.59 Å². The van der Waals surface area contributed by atoms with E-state index in [4.69, 9.17) is 14.2 Å². The third kappa shape index (κ3) is 4.92. The maximum Gasteiger partial charge on any atom is 0.230 e. The molecule has 0 saturated carbocycles. The number of nitrogens with zero attached hydrogens (tertiary/aromatic N) is 1. The van der Waals surface area contributed by atoms with Crippen molar-refractivity contribution in [1.29, 1.82) is 0 Å². The van der Waals surface area contributed by atoms with Gasteiger partial charge < -0.3 is 24.4 Å². The number of fused-ring (bicyclic) bond motifs is 1. The van der Waals surface area contributed by atoms with E-state index in [9.17, 15) is 9.59 Å². The van der Waals surface area contributed by atoms with Gasteiger partial charge in [0.1, 0.15) is 5.75 Å². The molecule has 30 heavy (non-hydrogen) atoms. The van der Waals surface area contributed by atoms with Crippen molar-refractivity contribution in [2.45, 2.75) is 19.4 Å². The Bertz CT molecular complexity index is 955. The lowest BCUT2D eigenvalue weighted by Gasteiger charge is -2.17. The van der Waals surface area contributed by atoms with Gasteiger partial charge in [0.2, 0.25) is 11.8 Å². The van der Waals surface area contributed by atoms with Crippen LogP contribution >= 0.6 is 0 Å². The number of amides is 2. The predicted octanol–water partition coefficient (Wildman–Crippen LogP) is 2.77. The summed E-state index contributed by atoms with van der Waals surface area (Å²) in [4.78, 5) is 26.5. The number of rotatable bonds is 8. The topological polar surface area (TPSA) is 77.1 Å². The van der Waals surface area contributed by atoms with Gasteiger partial charge in [-0.2, -0.15) is 0 Å². The highest BCUT2D eigenvalue weighted by atomic mass is 16.5. The average molecular weight is 410 g/mol. The van der Waals surface area contributed by atoms with Crippen LogP contribution in [0.4, 0.5) is 0 Å². The Morgan fingerprint density at radius 1 is 1.03 bits per heavy atom. The second-order valence-corrected chi connectivity index (χ2v) is 6.82. The molecular formula is C23H26N2O5. The summed E-state index contributed by atoms with van der Waals surface area (Å²) in [7, 11) is 4.74. The summed E-state index contributed by atoms with van der Waals surface area (Å²) >= 11 is 0. The molecule has 7 nitrogen and oxygen atoms in total. The Hall–Kier alpha value is -3.48. The van der Waals surface area contributed by atoms with Crippen molar-refractivity contribution in [1.82, 2.24) is 10.2 Å². The fourth-order valence-electron chi connectivity index (χ4n) is 3.32. The smallest absolute Gasteiger partial charge is 0.230 e. The summed E-state index contributed by atoms with van der Waals surface area (Å²) in [6.45, 7) is 0.674. The van der Waals surface area contributed by atoms with Crippen LogP contribution in [0.2, 0.25) is 0 Å². The van der Waals surface area contributed by atoms with E-state index in [0.717, 1.165) is 22.4 Å². The van der Waals surface area contributed by atoms with E-state index in [0.29, 0.717) is 24.6 Å². The molecule has 0 bridgehead atoms. The van der Waals surface area contributed by atoms with Crippen molar-refractivity contribution in [2.75, 3.05) is 27.9 Å². The molecule has 2 amide bonds. The van der Waals surface area contributed by atoms with Gasteiger partial charge in [0.15, 0.2) is 11.5 Å². The van der Waals surface area contributed by atoms with Crippen molar-refractivity contribution < 1.29 is 23.8 Å². The van der Waals surface area contributed by atoms with Crippen LogP contribution in [0.3, 0.4) is 0 Å². The molecule has 1 N–H and O–H groups in total. The summed E-state index contributed by atoms with van der Waals surface area (Å²) in [5, 5.41) is 2.88. The van der Waals surface area contributed by atoms with Crippen LogP contribution < -0.4 is 19.5 Å². The van der Waals surface area contributed by atoms with Crippen LogP contribution in [0.25, 0.3) is 6.08 Å². The Labute approximate surface area is 176 Å². The van der Waals surface area contributed by atoms with Crippen LogP contribution in [0.5, 0.6) is 17.2 Å². The number of carbonyl (C=O) groups excluding carboxylic acids is 2. The summed E-state index contributed by atoms with van der Waals surface area (Å²) in [5.74, 6) is 1.72. The molecule has 2 aromatic carbocycles. The summed E-state index contributed by atoms with van der Waals surface area (Å²) < 4.78 is 16.0. The number of methoxy groups -OCH3 is 3. The number of carbonyl (C=O) groups is 2. The zero-order chi connectivity index (χ0) is 21.5. The third-order valence-electron chi connectivity index (χ3n) is 4.99. The second kappa shape index (κ2) is 9.82. The Morgan fingerprint density at radius 3 is 2.47 bits per heavy atom. The van der Waals surface area contributed by atoms with E-state index in [2.05, 4.69) is 5.32 Å². The van der Waals surface area contributed by atoms with Crippen LogP contribution in [0.1, 0.15) is 23.1 Å². The summed E-state index contributed by atoms with van der Waals surface area (Å²) in [5.41, 5.74) is 2.65. The van der Waals surface area contributed by atoms with Gasteiger partial charge >= 0.3 is 0 Å². The molecule has 0 fully saturated rings. The van der Waals surface area contributed by atoms with E-state index in [1.165, 1.54) is 0 Å². The van der Waals surface area contributed by atoms with Gasteiger partial charge in [-0.25, -0.2) is 0 Å². The maximum absolute atomic E-state index is 12.7. The third-order valence-corrected chi connectivity index (χ3v) is 4.99. The summed E-state index contributed by atoms with van der Waals surface area (Å²) in [6, 6.07) is 11.2. The lowest BCUT2D eigenvalue weighted by Crippen LogP contribution is -2.32. The van der Waals surface area contributed by atoms with E-state index < -0.39 is 0 Å². The number of ether oxygens (including phenoxy) is 3. The molecule has 0 radical (unpaired) electrons. The average Bonchev–Trinajstić information content (AvgIpc) is 2.92.